The van der Waals surface area contributed by atoms with Crippen LogP contribution in [0.15, 0.2) is 24.3 Å². The Morgan fingerprint density at radius 1 is 1.56 bits per heavy atom. The van der Waals surface area contributed by atoms with Crippen molar-refractivity contribution in [3.8, 4) is 0 Å². The van der Waals surface area contributed by atoms with Gasteiger partial charge in [-0.05, 0) is 37.6 Å². The number of amides is 1. The molecule has 0 spiro atoms. The molecule has 0 aliphatic carbocycles. The van der Waals surface area contributed by atoms with E-state index < -0.39 is 0 Å². The summed E-state index contributed by atoms with van der Waals surface area (Å²) in [5, 5.41) is 12.6. The highest BCUT2D eigenvalue weighted by Crippen LogP contribution is 2.17. The second kappa shape index (κ2) is 6.18. The average Bonchev–Trinajstić information content (AvgIpc) is 2.76. The Bertz CT molecular complexity index is 425. The third kappa shape index (κ3) is 3.45. The summed E-state index contributed by atoms with van der Waals surface area (Å²) >= 11 is 5.85. The van der Waals surface area contributed by atoms with E-state index in [1.54, 1.807) is 24.3 Å². The van der Waals surface area contributed by atoms with Gasteiger partial charge in [-0.3, -0.25) is 9.69 Å². The molecule has 0 unspecified atom stereocenters. The summed E-state index contributed by atoms with van der Waals surface area (Å²) in [7, 11) is 0. The number of hydrogen-bond donors (Lipinski definition) is 2. The van der Waals surface area contributed by atoms with Crippen LogP contribution in [0.25, 0.3) is 0 Å². The Hall–Kier alpha value is -1.10. The maximum absolute atomic E-state index is 11.9. The molecule has 0 saturated carbocycles. The second-order valence-electron chi connectivity index (χ2n) is 4.51. The SMILES string of the molecule is O=C(CN1CCC[C@@H]1CO)Nc1cccc(Cl)c1. The zero-order valence-corrected chi connectivity index (χ0v) is 10.9. The average molecular weight is 269 g/mol. The van der Waals surface area contributed by atoms with Gasteiger partial charge in [0.2, 0.25) is 5.91 Å². The van der Waals surface area contributed by atoms with Crippen molar-refractivity contribution in [2.24, 2.45) is 0 Å². The first-order valence-corrected chi connectivity index (χ1v) is 6.47. The zero-order valence-electron chi connectivity index (χ0n) is 10.1. The number of rotatable bonds is 4. The molecule has 1 aliphatic heterocycles. The molecule has 1 fully saturated rings. The van der Waals surface area contributed by atoms with Gasteiger partial charge < -0.3 is 10.4 Å². The minimum Gasteiger partial charge on any atom is -0.395 e. The van der Waals surface area contributed by atoms with E-state index in [1.807, 2.05) is 4.90 Å². The van der Waals surface area contributed by atoms with E-state index in [0.717, 1.165) is 19.4 Å². The van der Waals surface area contributed by atoms with Crippen molar-refractivity contribution in [1.29, 1.82) is 0 Å². The highest BCUT2D eigenvalue weighted by Gasteiger charge is 2.25. The van der Waals surface area contributed by atoms with E-state index in [0.29, 0.717) is 17.3 Å². The predicted octanol–water partition coefficient (Wildman–Crippen LogP) is 1.74. The van der Waals surface area contributed by atoms with Crippen molar-refractivity contribution in [2.45, 2.75) is 18.9 Å². The lowest BCUT2D eigenvalue weighted by Gasteiger charge is -2.21. The molecule has 1 aromatic rings. The lowest BCUT2D eigenvalue weighted by Crippen LogP contribution is -2.38. The summed E-state index contributed by atoms with van der Waals surface area (Å²) in [6.07, 6.45) is 2.00. The van der Waals surface area contributed by atoms with Crippen LogP contribution in [-0.4, -0.2) is 41.7 Å². The number of hydrogen-bond acceptors (Lipinski definition) is 3. The lowest BCUT2D eigenvalue weighted by atomic mass is 10.2. The smallest absolute Gasteiger partial charge is 0.238 e. The topological polar surface area (TPSA) is 52.6 Å². The van der Waals surface area contributed by atoms with Gasteiger partial charge in [-0.15, -0.1) is 0 Å². The predicted molar refractivity (Wildman–Crippen MR) is 71.8 cm³/mol. The van der Waals surface area contributed by atoms with Crippen molar-refractivity contribution in [3.05, 3.63) is 29.3 Å². The number of likely N-dealkylation sites (tertiary alicyclic amines) is 1. The van der Waals surface area contributed by atoms with Gasteiger partial charge in [0.05, 0.1) is 13.2 Å². The van der Waals surface area contributed by atoms with Gasteiger partial charge in [0, 0.05) is 16.8 Å². The number of halogens is 1. The van der Waals surface area contributed by atoms with Crippen molar-refractivity contribution in [3.63, 3.8) is 0 Å². The summed E-state index contributed by atoms with van der Waals surface area (Å²) in [5.74, 6) is -0.0717. The first kappa shape index (κ1) is 13.3. The minimum atomic E-state index is -0.0717. The normalized spacial score (nSPS) is 20.0. The molecular weight excluding hydrogens is 252 g/mol. The molecule has 1 atom stereocenters. The fourth-order valence-corrected chi connectivity index (χ4v) is 2.45. The van der Waals surface area contributed by atoms with Gasteiger partial charge in [0.1, 0.15) is 0 Å². The van der Waals surface area contributed by atoms with Crippen molar-refractivity contribution < 1.29 is 9.90 Å². The van der Waals surface area contributed by atoms with Crippen LogP contribution >= 0.6 is 11.6 Å². The fraction of sp³-hybridized carbons (Fsp3) is 0.462. The quantitative estimate of drug-likeness (QED) is 0.875. The molecule has 1 aliphatic rings. The van der Waals surface area contributed by atoms with Crippen molar-refractivity contribution >= 4 is 23.2 Å². The number of benzene rings is 1. The van der Waals surface area contributed by atoms with Crippen LogP contribution < -0.4 is 5.32 Å². The molecule has 1 saturated heterocycles. The van der Waals surface area contributed by atoms with Crippen LogP contribution in [0.4, 0.5) is 5.69 Å². The van der Waals surface area contributed by atoms with E-state index in [4.69, 9.17) is 11.6 Å². The Morgan fingerprint density at radius 3 is 3.11 bits per heavy atom. The molecule has 1 aromatic carbocycles. The van der Waals surface area contributed by atoms with Gasteiger partial charge in [0.25, 0.3) is 0 Å². The highest BCUT2D eigenvalue weighted by molar-refractivity contribution is 6.30. The van der Waals surface area contributed by atoms with Gasteiger partial charge in [-0.1, -0.05) is 17.7 Å². The number of nitrogens with one attached hydrogen (secondary N) is 1. The van der Waals surface area contributed by atoms with Gasteiger partial charge in [-0.25, -0.2) is 0 Å². The van der Waals surface area contributed by atoms with Gasteiger partial charge in [-0.2, -0.15) is 0 Å². The molecule has 0 aromatic heterocycles. The van der Waals surface area contributed by atoms with Crippen LogP contribution in [0.5, 0.6) is 0 Å². The monoisotopic (exact) mass is 268 g/mol. The van der Waals surface area contributed by atoms with Gasteiger partial charge in [0.15, 0.2) is 0 Å². The number of carbonyl (C=O) groups is 1. The molecule has 0 radical (unpaired) electrons. The number of anilines is 1. The molecule has 1 heterocycles. The third-order valence-corrected chi connectivity index (χ3v) is 3.40. The van der Waals surface area contributed by atoms with E-state index >= 15 is 0 Å². The Morgan fingerprint density at radius 2 is 2.39 bits per heavy atom. The third-order valence-electron chi connectivity index (χ3n) is 3.16. The molecule has 2 rings (SSSR count). The highest BCUT2D eigenvalue weighted by atomic mass is 35.5. The van der Waals surface area contributed by atoms with Crippen molar-refractivity contribution in [2.75, 3.05) is 25.0 Å². The Balaban J connectivity index is 1.89. The van der Waals surface area contributed by atoms with Crippen LogP contribution in [-0.2, 0) is 4.79 Å². The summed E-state index contributed by atoms with van der Waals surface area (Å²) in [6.45, 7) is 1.30. The molecule has 2 N–H and O–H groups in total. The number of aliphatic hydroxyl groups is 1. The van der Waals surface area contributed by atoms with E-state index in [9.17, 15) is 9.90 Å². The summed E-state index contributed by atoms with van der Waals surface area (Å²) < 4.78 is 0. The number of carbonyl (C=O) groups excluding carboxylic acids is 1. The van der Waals surface area contributed by atoms with E-state index in [-0.39, 0.29) is 18.6 Å². The Kier molecular flexibility index (Phi) is 4.58. The number of aliphatic hydroxyl groups excluding tert-OH is 1. The maximum Gasteiger partial charge on any atom is 0.238 e. The van der Waals surface area contributed by atoms with Crippen LogP contribution in [0, 0.1) is 0 Å². The largest absolute Gasteiger partial charge is 0.395 e. The van der Waals surface area contributed by atoms with E-state index in [1.165, 1.54) is 0 Å². The molecule has 18 heavy (non-hydrogen) atoms. The molecule has 4 nitrogen and oxygen atoms in total. The van der Waals surface area contributed by atoms with Crippen LogP contribution in [0.2, 0.25) is 5.02 Å². The van der Waals surface area contributed by atoms with Crippen LogP contribution in [0.1, 0.15) is 12.8 Å². The van der Waals surface area contributed by atoms with Crippen LogP contribution in [0.3, 0.4) is 0 Å². The fourth-order valence-electron chi connectivity index (χ4n) is 2.26. The first-order valence-electron chi connectivity index (χ1n) is 6.09. The summed E-state index contributed by atoms with van der Waals surface area (Å²) in [5.41, 5.74) is 0.701. The standard InChI is InChI=1S/C13H17ClN2O2/c14-10-3-1-4-11(7-10)15-13(18)8-16-6-2-5-12(16)9-17/h1,3-4,7,12,17H,2,5-6,8-9H2,(H,15,18)/t12-/m1/s1. The number of nitrogens with zero attached hydrogens (tertiary/aromatic N) is 1. The van der Waals surface area contributed by atoms with Gasteiger partial charge >= 0.3 is 0 Å². The maximum atomic E-state index is 11.9. The second-order valence-corrected chi connectivity index (χ2v) is 4.94. The zero-order chi connectivity index (χ0) is 13.0. The lowest BCUT2D eigenvalue weighted by molar-refractivity contribution is -0.117. The molecule has 98 valence electrons. The summed E-state index contributed by atoms with van der Waals surface area (Å²) in [4.78, 5) is 13.9. The molecule has 1 amide bonds. The first-order chi connectivity index (χ1) is 8.69. The minimum absolute atomic E-state index is 0.0717. The summed E-state index contributed by atoms with van der Waals surface area (Å²) in [6, 6.07) is 7.20. The molecule has 5 heteroatoms. The Labute approximate surface area is 112 Å². The molecular formula is C13H17ClN2O2. The van der Waals surface area contributed by atoms with E-state index in [2.05, 4.69) is 5.32 Å². The molecule has 0 bridgehead atoms. The van der Waals surface area contributed by atoms with Crippen molar-refractivity contribution in [1.82, 2.24) is 4.90 Å².